The lowest BCUT2D eigenvalue weighted by atomic mass is 9.72. The highest BCUT2D eigenvalue weighted by Gasteiger charge is 2.49. The summed E-state index contributed by atoms with van der Waals surface area (Å²) >= 11 is 0. The van der Waals surface area contributed by atoms with E-state index in [4.69, 9.17) is 0 Å². The van der Waals surface area contributed by atoms with Crippen LogP contribution in [0, 0.1) is 5.41 Å². The Morgan fingerprint density at radius 2 is 1.93 bits per heavy atom. The summed E-state index contributed by atoms with van der Waals surface area (Å²) in [4.78, 5) is 18.9. The molecular formula is C23H24N2O3. The number of piperidine rings is 1. The standard InChI is InChI=1S/C23H24N2O3/c26-21-11-13-25(15-18-8-4-10-20-19(18)9-5-12-24-20)16-23(21,22(27)28)14-17-6-2-1-3-7-17/h1-10,12,21,26H,11,13-16H2,(H,27,28)/t21-,23+/m0/s1. The van der Waals surface area contributed by atoms with Gasteiger partial charge in [-0.1, -0.05) is 48.5 Å². The molecule has 2 N–H and O–H groups in total. The van der Waals surface area contributed by atoms with Crippen LogP contribution in [0.15, 0.2) is 66.9 Å². The predicted molar refractivity (Wildman–Crippen MR) is 108 cm³/mol. The lowest BCUT2D eigenvalue weighted by Gasteiger charge is -2.43. The lowest BCUT2D eigenvalue weighted by Crippen LogP contribution is -2.56. The molecule has 5 nitrogen and oxygen atoms in total. The van der Waals surface area contributed by atoms with Crippen molar-refractivity contribution in [3.05, 3.63) is 78.0 Å². The monoisotopic (exact) mass is 376 g/mol. The molecule has 0 unspecified atom stereocenters. The second-order valence-corrected chi connectivity index (χ2v) is 7.63. The molecule has 3 aromatic rings. The van der Waals surface area contributed by atoms with Crippen LogP contribution in [0.3, 0.4) is 0 Å². The van der Waals surface area contributed by atoms with Crippen molar-refractivity contribution in [2.24, 2.45) is 5.41 Å². The molecule has 0 aliphatic carbocycles. The van der Waals surface area contributed by atoms with Crippen molar-refractivity contribution in [1.29, 1.82) is 0 Å². The van der Waals surface area contributed by atoms with Gasteiger partial charge in [-0.3, -0.25) is 14.7 Å². The molecule has 1 fully saturated rings. The average Bonchev–Trinajstić information content (AvgIpc) is 2.71. The number of carboxylic acids is 1. The Morgan fingerprint density at radius 3 is 2.71 bits per heavy atom. The Balaban J connectivity index is 1.62. The summed E-state index contributed by atoms with van der Waals surface area (Å²) in [5.41, 5.74) is 1.79. The van der Waals surface area contributed by atoms with Crippen LogP contribution in [0.5, 0.6) is 0 Å². The van der Waals surface area contributed by atoms with E-state index in [0.29, 0.717) is 32.5 Å². The maximum Gasteiger partial charge on any atom is 0.313 e. The molecule has 0 bridgehead atoms. The Bertz CT molecular complexity index is 971. The van der Waals surface area contributed by atoms with Gasteiger partial charge in [-0.2, -0.15) is 0 Å². The van der Waals surface area contributed by atoms with Crippen LogP contribution in [0.25, 0.3) is 10.9 Å². The Kier molecular flexibility index (Phi) is 5.11. The molecule has 2 heterocycles. The number of carboxylic acid groups (broad SMARTS) is 1. The number of benzene rings is 2. The summed E-state index contributed by atoms with van der Waals surface area (Å²) in [7, 11) is 0. The number of aliphatic hydroxyl groups excluding tert-OH is 1. The van der Waals surface area contributed by atoms with Gasteiger partial charge < -0.3 is 10.2 Å². The third-order valence-corrected chi connectivity index (χ3v) is 5.78. The van der Waals surface area contributed by atoms with Crippen LogP contribution in [0.1, 0.15) is 17.5 Å². The number of nitrogens with zero attached hydrogens (tertiary/aromatic N) is 2. The van der Waals surface area contributed by atoms with Crippen molar-refractivity contribution in [3.63, 3.8) is 0 Å². The summed E-state index contributed by atoms with van der Waals surface area (Å²) in [6.07, 6.45) is 1.68. The van der Waals surface area contributed by atoms with Gasteiger partial charge in [-0.05, 0) is 36.1 Å². The second-order valence-electron chi connectivity index (χ2n) is 7.63. The first-order valence-corrected chi connectivity index (χ1v) is 9.59. The molecule has 0 radical (unpaired) electrons. The summed E-state index contributed by atoms with van der Waals surface area (Å²) in [5, 5.41) is 21.9. The fourth-order valence-corrected chi connectivity index (χ4v) is 4.26. The van der Waals surface area contributed by atoms with Crippen molar-refractivity contribution >= 4 is 16.9 Å². The van der Waals surface area contributed by atoms with Gasteiger partial charge in [0.1, 0.15) is 5.41 Å². The van der Waals surface area contributed by atoms with Crippen LogP contribution >= 0.6 is 0 Å². The molecule has 4 rings (SSSR count). The number of hydrogen-bond acceptors (Lipinski definition) is 4. The van der Waals surface area contributed by atoms with E-state index in [-0.39, 0.29) is 0 Å². The maximum absolute atomic E-state index is 12.3. The fourth-order valence-electron chi connectivity index (χ4n) is 4.26. The average molecular weight is 376 g/mol. The minimum absolute atomic E-state index is 0.315. The zero-order valence-electron chi connectivity index (χ0n) is 15.7. The Morgan fingerprint density at radius 1 is 1.11 bits per heavy atom. The highest BCUT2D eigenvalue weighted by atomic mass is 16.4. The van der Waals surface area contributed by atoms with Gasteiger partial charge in [-0.15, -0.1) is 0 Å². The zero-order chi connectivity index (χ0) is 19.6. The molecule has 1 aliphatic rings. The molecule has 0 saturated carbocycles. The second kappa shape index (κ2) is 7.70. The number of likely N-dealkylation sites (tertiary alicyclic amines) is 1. The van der Waals surface area contributed by atoms with E-state index in [2.05, 4.69) is 16.0 Å². The smallest absolute Gasteiger partial charge is 0.313 e. The fraction of sp³-hybridized carbons (Fsp3) is 0.304. The van der Waals surface area contributed by atoms with Gasteiger partial charge in [0.05, 0.1) is 11.6 Å². The van der Waals surface area contributed by atoms with Crippen molar-refractivity contribution in [1.82, 2.24) is 9.88 Å². The number of aromatic nitrogens is 1. The zero-order valence-corrected chi connectivity index (χ0v) is 15.7. The maximum atomic E-state index is 12.3. The summed E-state index contributed by atoms with van der Waals surface area (Å²) in [6, 6.07) is 19.6. The van der Waals surface area contributed by atoms with E-state index in [9.17, 15) is 15.0 Å². The number of rotatable bonds is 5. The molecule has 0 spiro atoms. The van der Waals surface area contributed by atoms with Crippen LogP contribution in [-0.4, -0.2) is 45.3 Å². The molecular weight excluding hydrogens is 352 g/mol. The molecule has 2 atom stereocenters. The van der Waals surface area contributed by atoms with Gasteiger partial charge in [0.15, 0.2) is 0 Å². The first-order chi connectivity index (χ1) is 13.6. The first-order valence-electron chi connectivity index (χ1n) is 9.59. The highest BCUT2D eigenvalue weighted by molar-refractivity contribution is 5.82. The SMILES string of the molecule is O=C(O)[C@]1(Cc2ccccc2)CN(Cc2cccc3ncccc23)CC[C@@H]1O. The number of hydrogen-bond donors (Lipinski definition) is 2. The molecule has 1 saturated heterocycles. The quantitative estimate of drug-likeness (QED) is 0.716. The van der Waals surface area contributed by atoms with E-state index in [1.54, 1.807) is 6.20 Å². The molecule has 1 aliphatic heterocycles. The number of aliphatic carboxylic acids is 1. The highest BCUT2D eigenvalue weighted by Crippen LogP contribution is 2.35. The van der Waals surface area contributed by atoms with E-state index < -0.39 is 17.5 Å². The van der Waals surface area contributed by atoms with Crippen LogP contribution < -0.4 is 0 Å². The van der Waals surface area contributed by atoms with E-state index in [0.717, 1.165) is 22.0 Å². The van der Waals surface area contributed by atoms with Crippen molar-refractivity contribution in [3.8, 4) is 0 Å². The van der Waals surface area contributed by atoms with Crippen LogP contribution in [0.4, 0.5) is 0 Å². The van der Waals surface area contributed by atoms with Gasteiger partial charge in [-0.25, -0.2) is 0 Å². The third kappa shape index (κ3) is 3.51. The molecule has 5 heteroatoms. The molecule has 1 aromatic heterocycles. The van der Waals surface area contributed by atoms with Crippen LogP contribution in [-0.2, 0) is 17.8 Å². The van der Waals surface area contributed by atoms with E-state index >= 15 is 0 Å². The van der Waals surface area contributed by atoms with Crippen molar-refractivity contribution in [2.75, 3.05) is 13.1 Å². The minimum Gasteiger partial charge on any atom is -0.481 e. The van der Waals surface area contributed by atoms with Gasteiger partial charge in [0.2, 0.25) is 0 Å². The number of pyridine rings is 1. The molecule has 2 aromatic carbocycles. The number of carbonyl (C=O) groups is 1. The Labute approximate surface area is 164 Å². The number of aliphatic hydroxyl groups is 1. The summed E-state index contributed by atoms with van der Waals surface area (Å²) in [5.74, 6) is -0.937. The summed E-state index contributed by atoms with van der Waals surface area (Å²) in [6.45, 7) is 1.62. The van der Waals surface area contributed by atoms with E-state index in [1.165, 1.54) is 0 Å². The van der Waals surface area contributed by atoms with Crippen molar-refractivity contribution < 1.29 is 15.0 Å². The van der Waals surface area contributed by atoms with Gasteiger partial charge >= 0.3 is 5.97 Å². The van der Waals surface area contributed by atoms with Crippen molar-refractivity contribution in [2.45, 2.75) is 25.5 Å². The third-order valence-electron chi connectivity index (χ3n) is 5.78. The van der Waals surface area contributed by atoms with Crippen LogP contribution in [0.2, 0.25) is 0 Å². The Hall–Kier alpha value is -2.76. The van der Waals surface area contributed by atoms with Gasteiger partial charge in [0.25, 0.3) is 0 Å². The number of fused-ring (bicyclic) bond motifs is 1. The normalized spacial score (nSPS) is 23.0. The topological polar surface area (TPSA) is 73.7 Å². The minimum atomic E-state index is -1.21. The molecule has 28 heavy (non-hydrogen) atoms. The summed E-state index contributed by atoms with van der Waals surface area (Å²) < 4.78 is 0. The molecule has 0 amide bonds. The first kappa shape index (κ1) is 18.6. The lowest BCUT2D eigenvalue weighted by molar-refractivity contribution is -0.163. The largest absolute Gasteiger partial charge is 0.481 e. The predicted octanol–water partition coefficient (Wildman–Crippen LogP) is 3.12. The molecule has 144 valence electrons. The van der Waals surface area contributed by atoms with Gasteiger partial charge in [0, 0.05) is 31.2 Å². The van der Waals surface area contributed by atoms with E-state index in [1.807, 2.05) is 54.6 Å².